The molecule has 0 saturated heterocycles. The fourth-order valence-corrected chi connectivity index (χ4v) is 0.858. The lowest BCUT2D eigenvalue weighted by Gasteiger charge is -2.10. The largest absolute Gasteiger partial charge is 0.377 e. The van der Waals surface area contributed by atoms with Crippen LogP contribution in [0.2, 0.25) is 0 Å². The zero-order valence-electron chi connectivity index (χ0n) is 5.87. The first-order chi connectivity index (χ1) is 4.86. The van der Waals surface area contributed by atoms with Gasteiger partial charge in [0.1, 0.15) is 0 Å². The van der Waals surface area contributed by atoms with Gasteiger partial charge in [-0.25, -0.2) is 0 Å². The SMILES string of the molecule is COC1C=CC(C#N)=CC1. The molecular weight excluding hydrogens is 126 g/mol. The van der Waals surface area contributed by atoms with Crippen molar-refractivity contribution < 1.29 is 4.74 Å². The monoisotopic (exact) mass is 135 g/mol. The van der Waals surface area contributed by atoms with Gasteiger partial charge < -0.3 is 4.74 Å². The van der Waals surface area contributed by atoms with E-state index in [1.165, 1.54) is 0 Å². The first-order valence-corrected chi connectivity index (χ1v) is 3.18. The normalized spacial score (nSPS) is 23.6. The minimum absolute atomic E-state index is 0.164. The molecule has 0 N–H and O–H groups in total. The van der Waals surface area contributed by atoms with Gasteiger partial charge in [-0.1, -0.05) is 12.2 Å². The topological polar surface area (TPSA) is 33.0 Å². The van der Waals surface area contributed by atoms with Crippen molar-refractivity contribution in [1.82, 2.24) is 0 Å². The molecule has 52 valence electrons. The lowest BCUT2D eigenvalue weighted by Crippen LogP contribution is -2.07. The Morgan fingerprint density at radius 3 is 3.00 bits per heavy atom. The van der Waals surface area contributed by atoms with Crippen LogP contribution >= 0.6 is 0 Å². The van der Waals surface area contributed by atoms with Gasteiger partial charge in [-0.05, 0) is 12.5 Å². The standard InChI is InChI=1S/C8H9NO/c1-10-8-4-2-7(6-9)3-5-8/h2-4,8H,5H2,1H3. The lowest BCUT2D eigenvalue weighted by molar-refractivity contribution is 0.142. The predicted octanol–water partition coefficient (Wildman–Crippen LogP) is 1.41. The molecule has 10 heavy (non-hydrogen) atoms. The molecule has 1 aliphatic carbocycles. The summed E-state index contributed by atoms with van der Waals surface area (Å²) in [6.45, 7) is 0. The Morgan fingerprint density at radius 2 is 2.60 bits per heavy atom. The van der Waals surface area contributed by atoms with Crippen molar-refractivity contribution in [3.05, 3.63) is 23.8 Å². The summed E-state index contributed by atoms with van der Waals surface area (Å²) in [7, 11) is 1.67. The van der Waals surface area contributed by atoms with Crippen LogP contribution in [-0.4, -0.2) is 13.2 Å². The van der Waals surface area contributed by atoms with Crippen LogP contribution in [0.5, 0.6) is 0 Å². The molecule has 2 heteroatoms. The Bertz CT molecular complexity index is 210. The average molecular weight is 135 g/mol. The number of ether oxygens (including phenoxy) is 1. The van der Waals surface area contributed by atoms with E-state index in [-0.39, 0.29) is 6.10 Å². The van der Waals surface area contributed by atoms with Gasteiger partial charge in [0, 0.05) is 12.7 Å². The first-order valence-electron chi connectivity index (χ1n) is 3.18. The molecule has 0 saturated carbocycles. The quantitative estimate of drug-likeness (QED) is 0.544. The van der Waals surface area contributed by atoms with Gasteiger partial charge in [0.15, 0.2) is 0 Å². The van der Waals surface area contributed by atoms with E-state index in [4.69, 9.17) is 10.00 Å². The molecule has 0 bridgehead atoms. The maximum atomic E-state index is 8.44. The Hall–Kier alpha value is -1.07. The number of nitrogens with zero attached hydrogens (tertiary/aromatic N) is 1. The molecule has 1 aliphatic rings. The van der Waals surface area contributed by atoms with Crippen LogP contribution in [0.1, 0.15) is 6.42 Å². The van der Waals surface area contributed by atoms with Crippen LogP contribution in [-0.2, 0) is 4.74 Å². The fourth-order valence-electron chi connectivity index (χ4n) is 0.858. The van der Waals surface area contributed by atoms with E-state index in [1.807, 2.05) is 12.2 Å². The molecule has 0 aromatic heterocycles. The van der Waals surface area contributed by atoms with Gasteiger partial charge in [-0.15, -0.1) is 0 Å². The van der Waals surface area contributed by atoms with E-state index in [0.29, 0.717) is 0 Å². The second-order valence-corrected chi connectivity index (χ2v) is 2.14. The molecule has 1 unspecified atom stereocenters. The van der Waals surface area contributed by atoms with Crippen molar-refractivity contribution in [2.24, 2.45) is 0 Å². The van der Waals surface area contributed by atoms with Gasteiger partial charge in [-0.3, -0.25) is 0 Å². The third-order valence-corrected chi connectivity index (χ3v) is 1.49. The minimum Gasteiger partial charge on any atom is -0.377 e. The molecule has 0 radical (unpaired) electrons. The molecule has 0 heterocycles. The Morgan fingerprint density at radius 1 is 1.80 bits per heavy atom. The summed E-state index contributed by atoms with van der Waals surface area (Å²) in [5, 5.41) is 8.44. The molecule has 0 amide bonds. The van der Waals surface area contributed by atoms with E-state index in [2.05, 4.69) is 6.07 Å². The summed E-state index contributed by atoms with van der Waals surface area (Å²) in [5.41, 5.74) is 0.730. The van der Waals surface area contributed by atoms with Crippen LogP contribution in [0.25, 0.3) is 0 Å². The highest BCUT2D eigenvalue weighted by Crippen LogP contribution is 2.11. The summed E-state index contributed by atoms with van der Waals surface area (Å²) in [4.78, 5) is 0. The number of rotatable bonds is 1. The zero-order valence-corrected chi connectivity index (χ0v) is 5.87. The average Bonchev–Trinajstić information content (AvgIpc) is 2.05. The van der Waals surface area contributed by atoms with Crippen molar-refractivity contribution in [3.8, 4) is 6.07 Å². The molecule has 2 nitrogen and oxygen atoms in total. The van der Waals surface area contributed by atoms with Gasteiger partial charge in [0.05, 0.1) is 12.2 Å². The molecule has 0 aliphatic heterocycles. The van der Waals surface area contributed by atoms with Crippen LogP contribution in [0.4, 0.5) is 0 Å². The second kappa shape index (κ2) is 3.19. The summed E-state index contributed by atoms with van der Waals surface area (Å²) < 4.78 is 5.04. The van der Waals surface area contributed by atoms with E-state index < -0.39 is 0 Å². The molecule has 0 aromatic carbocycles. The van der Waals surface area contributed by atoms with Crippen LogP contribution in [0.15, 0.2) is 23.8 Å². The molecule has 1 atom stereocenters. The highest BCUT2D eigenvalue weighted by atomic mass is 16.5. The maximum Gasteiger partial charge on any atom is 0.0988 e. The molecule has 1 rings (SSSR count). The second-order valence-electron chi connectivity index (χ2n) is 2.14. The van der Waals surface area contributed by atoms with Crippen LogP contribution in [0, 0.1) is 11.3 Å². The van der Waals surface area contributed by atoms with Crippen LogP contribution < -0.4 is 0 Å². The Kier molecular flexibility index (Phi) is 2.24. The highest BCUT2D eigenvalue weighted by Gasteiger charge is 2.05. The van der Waals surface area contributed by atoms with Gasteiger partial charge in [0.2, 0.25) is 0 Å². The number of allylic oxidation sites excluding steroid dienone is 2. The Labute approximate surface area is 60.4 Å². The maximum absolute atomic E-state index is 8.44. The summed E-state index contributed by atoms with van der Waals surface area (Å²) >= 11 is 0. The summed E-state index contributed by atoms with van der Waals surface area (Å²) in [6.07, 6.45) is 6.55. The van der Waals surface area contributed by atoms with E-state index in [1.54, 1.807) is 13.2 Å². The number of nitriles is 1. The number of hydrogen-bond donors (Lipinski definition) is 0. The minimum atomic E-state index is 0.164. The van der Waals surface area contributed by atoms with Crippen molar-refractivity contribution in [3.63, 3.8) is 0 Å². The third kappa shape index (κ3) is 1.46. The molecule has 0 fully saturated rings. The lowest BCUT2D eigenvalue weighted by atomic mass is 10.1. The van der Waals surface area contributed by atoms with E-state index >= 15 is 0 Å². The van der Waals surface area contributed by atoms with Crippen molar-refractivity contribution >= 4 is 0 Å². The fraction of sp³-hybridized carbons (Fsp3) is 0.375. The van der Waals surface area contributed by atoms with Crippen LogP contribution in [0.3, 0.4) is 0 Å². The summed E-state index contributed by atoms with van der Waals surface area (Å²) in [5.74, 6) is 0. The first kappa shape index (κ1) is 7.04. The molecular formula is C8H9NO. The number of hydrogen-bond acceptors (Lipinski definition) is 2. The van der Waals surface area contributed by atoms with Gasteiger partial charge >= 0.3 is 0 Å². The number of methoxy groups -OCH3 is 1. The van der Waals surface area contributed by atoms with Gasteiger partial charge in [0.25, 0.3) is 0 Å². The van der Waals surface area contributed by atoms with E-state index in [9.17, 15) is 0 Å². The molecule has 0 spiro atoms. The smallest absolute Gasteiger partial charge is 0.0988 e. The summed E-state index contributed by atoms with van der Waals surface area (Å²) in [6, 6.07) is 2.07. The van der Waals surface area contributed by atoms with Crippen molar-refractivity contribution in [1.29, 1.82) is 5.26 Å². The molecule has 0 aromatic rings. The third-order valence-electron chi connectivity index (χ3n) is 1.49. The van der Waals surface area contributed by atoms with Gasteiger partial charge in [-0.2, -0.15) is 5.26 Å². The van der Waals surface area contributed by atoms with Crippen molar-refractivity contribution in [2.45, 2.75) is 12.5 Å². The Balaban J connectivity index is 2.57. The zero-order chi connectivity index (χ0) is 7.40. The van der Waals surface area contributed by atoms with E-state index in [0.717, 1.165) is 12.0 Å². The predicted molar refractivity (Wildman–Crippen MR) is 38.3 cm³/mol. The highest BCUT2D eigenvalue weighted by molar-refractivity contribution is 5.35. The van der Waals surface area contributed by atoms with Crippen molar-refractivity contribution in [2.75, 3.05) is 7.11 Å².